The molecular formula is C35H67N3O2. The first-order valence-electron chi connectivity index (χ1n) is 17.5. The Morgan fingerprint density at radius 2 is 1.55 bits per heavy atom. The summed E-state index contributed by atoms with van der Waals surface area (Å²) in [6.07, 6.45) is 14.1. The number of aliphatic hydroxyl groups is 2. The Kier molecular flexibility index (Phi) is 10.8. The molecule has 0 heterocycles. The largest absolute Gasteiger partial charge is 0.393 e. The van der Waals surface area contributed by atoms with E-state index >= 15 is 0 Å². The van der Waals surface area contributed by atoms with Crippen LogP contribution in [0.4, 0.5) is 0 Å². The van der Waals surface area contributed by atoms with Crippen molar-refractivity contribution < 1.29 is 10.2 Å². The third-order valence-electron chi connectivity index (χ3n) is 13.8. The van der Waals surface area contributed by atoms with Gasteiger partial charge in [-0.15, -0.1) is 0 Å². The highest BCUT2D eigenvalue weighted by Crippen LogP contribution is 2.69. The molecule has 4 rings (SSSR count). The van der Waals surface area contributed by atoms with Gasteiger partial charge in [0.05, 0.1) is 11.7 Å². The van der Waals surface area contributed by atoms with E-state index in [1.165, 1.54) is 38.5 Å². The van der Waals surface area contributed by atoms with Crippen molar-refractivity contribution in [3.63, 3.8) is 0 Å². The van der Waals surface area contributed by atoms with E-state index in [1.54, 1.807) is 0 Å². The van der Waals surface area contributed by atoms with Gasteiger partial charge >= 0.3 is 0 Å². The minimum absolute atomic E-state index is 0.101. The SMILES string of the molecule is CC(C)[C@H](C)CC[C@@H](C)[C@H]1CC[C@H]2[C@@H]3C[C@@H](N(CCCN)CCCCN)[C@@]4(O)C[C@@H](O)CC[C@]4(C)[C@H]3CC[C@]12C. The first-order valence-corrected chi connectivity index (χ1v) is 17.5. The van der Waals surface area contributed by atoms with Gasteiger partial charge in [0.25, 0.3) is 0 Å². The van der Waals surface area contributed by atoms with E-state index in [0.717, 1.165) is 87.7 Å². The summed E-state index contributed by atoms with van der Waals surface area (Å²) < 4.78 is 0. The van der Waals surface area contributed by atoms with Gasteiger partial charge < -0.3 is 21.7 Å². The molecule has 0 unspecified atom stereocenters. The Labute approximate surface area is 247 Å². The standard InChI is InChI=1S/C35H67N3O2/c1-24(2)25(3)10-11-26(4)29-12-13-30-28-22-32(38(21-9-19-37)20-8-7-18-36)35(40)23-27(39)14-17-34(35,6)31(28)15-16-33(29,30)5/h24-32,39-40H,7-23,36-37H2,1-6H3/t25-,26-,27+,28+,29-,30+,31+,32-,33-,34-,35+/m1/s1. The molecule has 0 aromatic carbocycles. The molecule has 0 aromatic heterocycles. The molecule has 40 heavy (non-hydrogen) atoms. The van der Waals surface area contributed by atoms with Crippen molar-refractivity contribution >= 4 is 0 Å². The molecule has 6 N–H and O–H groups in total. The van der Waals surface area contributed by atoms with Gasteiger partial charge in [0.1, 0.15) is 0 Å². The van der Waals surface area contributed by atoms with Crippen molar-refractivity contribution in [2.45, 2.75) is 143 Å². The Balaban J connectivity index is 1.62. The molecule has 234 valence electrons. The number of aliphatic hydroxyl groups excluding tert-OH is 1. The van der Waals surface area contributed by atoms with Crippen LogP contribution in [0.5, 0.6) is 0 Å². The average molecular weight is 562 g/mol. The van der Waals surface area contributed by atoms with Gasteiger partial charge in [-0.2, -0.15) is 0 Å². The Morgan fingerprint density at radius 1 is 0.850 bits per heavy atom. The summed E-state index contributed by atoms with van der Waals surface area (Å²) in [4.78, 5) is 2.60. The van der Waals surface area contributed by atoms with Crippen molar-refractivity contribution in [3.05, 3.63) is 0 Å². The molecule has 4 saturated carbocycles. The Hall–Kier alpha value is -0.200. The van der Waals surface area contributed by atoms with Crippen LogP contribution in [-0.4, -0.2) is 59.0 Å². The summed E-state index contributed by atoms with van der Waals surface area (Å²) in [6.45, 7) is 18.2. The second-order valence-corrected chi connectivity index (χ2v) is 16.0. The topological polar surface area (TPSA) is 95.7 Å². The molecule has 0 radical (unpaired) electrons. The van der Waals surface area contributed by atoms with Crippen LogP contribution in [-0.2, 0) is 0 Å². The van der Waals surface area contributed by atoms with Crippen molar-refractivity contribution in [2.75, 3.05) is 26.2 Å². The van der Waals surface area contributed by atoms with Crippen molar-refractivity contribution in [3.8, 4) is 0 Å². The second-order valence-electron chi connectivity index (χ2n) is 16.0. The highest BCUT2D eigenvalue weighted by molar-refractivity contribution is 5.19. The summed E-state index contributed by atoms with van der Waals surface area (Å²) in [7, 11) is 0. The minimum Gasteiger partial charge on any atom is -0.393 e. The minimum atomic E-state index is -0.838. The lowest BCUT2D eigenvalue weighted by Gasteiger charge is -2.67. The van der Waals surface area contributed by atoms with Crippen LogP contribution in [0.3, 0.4) is 0 Å². The lowest BCUT2D eigenvalue weighted by atomic mass is 9.41. The maximum atomic E-state index is 12.8. The lowest BCUT2D eigenvalue weighted by molar-refractivity contribution is -0.251. The van der Waals surface area contributed by atoms with Gasteiger partial charge in [0, 0.05) is 17.9 Å². The van der Waals surface area contributed by atoms with E-state index in [9.17, 15) is 10.2 Å². The molecule has 4 aliphatic carbocycles. The van der Waals surface area contributed by atoms with Gasteiger partial charge in [-0.05, 0) is 137 Å². The predicted molar refractivity (Wildman–Crippen MR) is 168 cm³/mol. The lowest BCUT2D eigenvalue weighted by Crippen LogP contribution is -2.72. The first kappa shape index (κ1) is 32.7. The highest BCUT2D eigenvalue weighted by atomic mass is 16.3. The number of fused-ring (bicyclic) bond motifs is 5. The number of hydrogen-bond acceptors (Lipinski definition) is 5. The predicted octanol–water partition coefficient (Wildman–Crippen LogP) is 6.20. The van der Waals surface area contributed by atoms with Gasteiger partial charge in [-0.3, -0.25) is 4.90 Å². The third kappa shape index (κ3) is 5.94. The van der Waals surface area contributed by atoms with E-state index in [0.29, 0.717) is 30.2 Å². The molecule has 0 spiro atoms. The first-order chi connectivity index (χ1) is 18.9. The molecule has 5 nitrogen and oxygen atoms in total. The van der Waals surface area contributed by atoms with Crippen LogP contribution in [0.15, 0.2) is 0 Å². The summed E-state index contributed by atoms with van der Waals surface area (Å²) in [5.41, 5.74) is 11.4. The summed E-state index contributed by atoms with van der Waals surface area (Å²) in [5.74, 6) is 5.20. The monoisotopic (exact) mass is 562 g/mol. The van der Waals surface area contributed by atoms with E-state index in [2.05, 4.69) is 46.4 Å². The zero-order chi connectivity index (χ0) is 29.3. The van der Waals surface area contributed by atoms with Gasteiger partial charge in [0.2, 0.25) is 0 Å². The fourth-order valence-corrected chi connectivity index (χ4v) is 10.9. The van der Waals surface area contributed by atoms with Gasteiger partial charge in [-0.1, -0.05) is 54.4 Å². The van der Waals surface area contributed by atoms with Crippen molar-refractivity contribution in [1.82, 2.24) is 4.90 Å². The van der Waals surface area contributed by atoms with Gasteiger partial charge in [0.15, 0.2) is 0 Å². The molecule has 11 atom stereocenters. The summed E-state index contributed by atoms with van der Waals surface area (Å²) >= 11 is 0. The van der Waals surface area contributed by atoms with E-state index in [4.69, 9.17) is 11.5 Å². The van der Waals surface area contributed by atoms with Crippen molar-refractivity contribution in [2.24, 2.45) is 63.7 Å². The van der Waals surface area contributed by atoms with Crippen LogP contribution >= 0.6 is 0 Å². The quantitative estimate of drug-likeness (QED) is 0.201. The zero-order valence-corrected chi connectivity index (χ0v) is 27.2. The molecule has 4 aliphatic rings. The summed E-state index contributed by atoms with van der Waals surface area (Å²) in [5, 5.41) is 23.7. The number of nitrogens with zero attached hydrogens (tertiary/aromatic N) is 1. The van der Waals surface area contributed by atoms with Crippen LogP contribution < -0.4 is 11.5 Å². The normalized spacial score (nSPS) is 42.9. The van der Waals surface area contributed by atoms with Crippen LogP contribution in [0.1, 0.15) is 125 Å². The average Bonchev–Trinajstić information content (AvgIpc) is 3.27. The Morgan fingerprint density at radius 3 is 2.23 bits per heavy atom. The third-order valence-corrected chi connectivity index (χ3v) is 13.8. The number of unbranched alkanes of at least 4 members (excludes halogenated alkanes) is 1. The molecule has 5 heteroatoms. The molecule has 0 saturated heterocycles. The van der Waals surface area contributed by atoms with Gasteiger partial charge in [-0.25, -0.2) is 0 Å². The zero-order valence-electron chi connectivity index (χ0n) is 27.2. The smallest absolute Gasteiger partial charge is 0.0882 e. The fourth-order valence-electron chi connectivity index (χ4n) is 10.9. The number of rotatable bonds is 13. The van der Waals surface area contributed by atoms with Crippen LogP contribution in [0.2, 0.25) is 0 Å². The van der Waals surface area contributed by atoms with E-state index in [-0.39, 0.29) is 11.5 Å². The molecule has 0 bridgehead atoms. The number of nitrogens with two attached hydrogens (primary N) is 2. The number of hydrogen-bond donors (Lipinski definition) is 4. The summed E-state index contributed by atoms with van der Waals surface area (Å²) in [6, 6.07) is 0.101. The molecule has 4 fully saturated rings. The van der Waals surface area contributed by atoms with Crippen LogP contribution in [0, 0.1) is 52.3 Å². The Bertz CT molecular complexity index is 808. The maximum absolute atomic E-state index is 12.8. The molecular weight excluding hydrogens is 494 g/mol. The molecule has 0 amide bonds. The van der Waals surface area contributed by atoms with Crippen molar-refractivity contribution in [1.29, 1.82) is 0 Å². The van der Waals surface area contributed by atoms with E-state index in [1.807, 2.05) is 0 Å². The fraction of sp³-hybridized carbons (Fsp3) is 1.00. The maximum Gasteiger partial charge on any atom is 0.0882 e. The van der Waals surface area contributed by atoms with E-state index < -0.39 is 11.7 Å². The molecule has 0 aliphatic heterocycles. The second kappa shape index (κ2) is 13.2. The van der Waals surface area contributed by atoms with Crippen LogP contribution in [0.25, 0.3) is 0 Å². The highest BCUT2D eigenvalue weighted by Gasteiger charge is 2.68. The molecule has 0 aromatic rings.